The molecule has 208 valence electrons. The standard InChI is InChI=1S/C29H35N3O6S/c1-5-30-29(34)22(2)31(19-24-12-9-13-27(18-24)37-3)28(33)20-32(39(4,35)36)25-14-16-26(17-15-25)38-21-23-10-7-6-8-11-23/h6-18,22H,5,19-21H2,1-4H3,(H,30,34)/t22-/m0/s1. The van der Waals surface area contributed by atoms with E-state index in [0.29, 0.717) is 30.3 Å². The number of hydrogen-bond acceptors (Lipinski definition) is 6. The van der Waals surface area contributed by atoms with E-state index in [-0.39, 0.29) is 12.5 Å². The van der Waals surface area contributed by atoms with Gasteiger partial charge < -0.3 is 19.7 Å². The normalized spacial score (nSPS) is 11.8. The Morgan fingerprint density at radius 3 is 2.21 bits per heavy atom. The number of nitrogens with zero attached hydrogens (tertiary/aromatic N) is 2. The van der Waals surface area contributed by atoms with E-state index in [1.54, 1.807) is 63.4 Å². The van der Waals surface area contributed by atoms with Gasteiger partial charge in [-0.1, -0.05) is 42.5 Å². The van der Waals surface area contributed by atoms with Crippen molar-refractivity contribution in [2.45, 2.75) is 33.0 Å². The summed E-state index contributed by atoms with van der Waals surface area (Å²) in [4.78, 5) is 27.6. The van der Waals surface area contributed by atoms with Crippen LogP contribution in [-0.4, -0.2) is 57.6 Å². The molecule has 0 saturated heterocycles. The first kappa shape index (κ1) is 29.5. The first-order chi connectivity index (χ1) is 18.6. The van der Waals surface area contributed by atoms with E-state index in [1.807, 2.05) is 36.4 Å². The Morgan fingerprint density at radius 1 is 0.923 bits per heavy atom. The zero-order valence-corrected chi connectivity index (χ0v) is 23.5. The second-order valence-corrected chi connectivity index (χ2v) is 10.9. The van der Waals surface area contributed by atoms with Crippen molar-refractivity contribution in [3.05, 3.63) is 90.0 Å². The Bertz CT molecular complexity index is 1350. The number of rotatable bonds is 13. The summed E-state index contributed by atoms with van der Waals surface area (Å²) in [6.07, 6.45) is 1.04. The number of nitrogens with one attached hydrogen (secondary N) is 1. The maximum atomic E-state index is 13.6. The number of anilines is 1. The Hall–Kier alpha value is -4.05. The van der Waals surface area contributed by atoms with Crippen molar-refractivity contribution in [1.82, 2.24) is 10.2 Å². The van der Waals surface area contributed by atoms with Crippen molar-refractivity contribution in [3.63, 3.8) is 0 Å². The maximum absolute atomic E-state index is 13.6. The minimum Gasteiger partial charge on any atom is -0.497 e. The lowest BCUT2D eigenvalue weighted by molar-refractivity contribution is -0.139. The highest BCUT2D eigenvalue weighted by Crippen LogP contribution is 2.23. The molecule has 10 heteroatoms. The van der Waals surface area contributed by atoms with Gasteiger partial charge in [-0.2, -0.15) is 0 Å². The van der Waals surface area contributed by atoms with Gasteiger partial charge in [0.1, 0.15) is 30.7 Å². The van der Waals surface area contributed by atoms with Crippen LogP contribution in [0.3, 0.4) is 0 Å². The molecule has 0 aromatic heterocycles. The molecule has 0 spiro atoms. The molecule has 0 unspecified atom stereocenters. The number of carbonyl (C=O) groups is 2. The van der Waals surface area contributed by atoms with Crippen molar-refractivity contribution in [2.75, 3.05) is 30.8 Å². The lowest BCUT2D eigenvalue weighted by Gasteiger charge is -2.31. The highest BCUT2D eigenvalue weighted by Gasteiger charge is 2.30. The lowest BCUT2D eigenvalue weighted by atomic mass is 10.1. The van der Waals surface area contributed by atoms with E-state index < -0.39 is 28.5 Å². The minimum absolute atomic E-state index is 0.0954. The molecule has 1 atom stereocenters. The number of hydrogen-bond donors (Lipinski definition) is 1. The molecule has 0 fully saturated rings. The number of amides is 2. The van der Waals surface area contributed by atoms with E-state index in [1.165, 1.54) is 4.90 Å². The summed E-state index contributed by atoms with van der Waals surface area (Å²) in [5, 5.41) is 2.73. The molecule has 2 amide bonds. The summed E-state index contributed by atoms with van der Waals surface area (Å²) in [5.74, 6) is 0.316. The Morgan fingerprint density at radius 2 is 1.59 bits per heavy atom. The molecule has 0 saturated carbocycles. The van der Waals surface area contributed by atoms with Crippen LogP contribution in [0.4, 0.5) is 5.69 Å². The molecular weight excluding hydrogens is 518 g/mol. The van der Waals surface area contributed by atoms with E-state index in [2.05, 4.69) is 5.32 Å². The summed E-state index contributed by atoms with van der Waals surface area (Å²) in [6, 6.07) is 22.5. The molecule has 39 heavy (non-hydrogen) atoms. The number of sulfonamides is 1. The van der Waals surface area contributed by atoms with Crippen LogP contribution >= 0.6 is 0 Å². The molecule has 0 heterocycles. The van der Waals surface area contributed by atoms with Crippen LogP contribution in [0.5, 0.6) is 11.5 Å². The number of carbonyl (C=O) groups excluding carboxylic acids is 2. The predicted octanol–water partition coefficient (Wildman–Crippen LogP) is 3.59. The van der Waals surface area contributed by atoms with Gasteiger partial charge in [0.05, 0.1) is 19.1 Å². The van der Waals surface area contributed by atoms with Crippen LogP contribution in [0.25, 0.3) is 0 Å². The fourth-order valence-corrected chi connectivity index (χ4v) is 4.78. The fraction of sp³-hybridized carbons (Fsp3) is 0.310. The highest BCUT2D eigenvalue weighted by molar-refractivity contribution is 7.92. The molecule has 9 nitrogen and oxygen atoms in total. The first-order valence-corrected chi connectivity index (χ1v) is 14.4. The third-order valence-corrected chi connectivity index (χ3v) is 7.20. The molecule has 3 aromatic carbocycles. The van der Waals surface area contributed by atoms with Gasteiger partial charge >= 0.3 is 0 Å². The number of likely N-dealkylation sites (N-methyl/N-ethyl adjacent to an activating group) is 1. The van der Waals surface area contributed by atoms with Crippen molar-refractivity contribution in [3.8, 4) is 11.5 Å². The smallest absolute Gasteiger partial charge is 0.244 e. The average Bonchev–Trinajstić information content (AvgIpc) is 2.93. The summed E-state index contributed by atoms with van der Waals surface area (Å²) in [6.45, 7) is 3.79. The third-order valence-electron chi connectivity index (χ3n) is 6.06. The van der Waals surface area contributed by atoms with Crippen molar-refractivity contribution in [1.29, 1.82) is 0 Å². The summed E-state index contributed by atoms with van der Waals surface area (Å²) in [5.41, 5.74) is 2.05. The van der Waals surface area contributed by atoms with Crippen molar-refractivity contribution >= 4 is 27.5 Å². The van der Waals surface area contributed by atoms with Crippen LogP contribution in [-0.2, 0) is 32.8 Å². The Balaban J connectivity index is 1.82. The topological polar surface area (TPSA) is 105 Å². The molecule has 0 bridgehead atoms. The third kappa shape index (κ3) is 8.47. The van der Waals surface area contributed by atoms with Gasteiger partial charge in [-0.15, -0.1) is 0 Å². The van der Waals surface area contributed by atoms with Gasteiger partial charge in [-0.25, -0.2) is 8.42 Å². The molecule has 0 radical (unpaired) electrons. The molecular formula is C29H35N3O6S. The van der Waals surface area contributed by atoms with Gasteiger partial charge in [-0.05, 0) is 61.4 Å². The van der Waals surface area contributed by atoms with Crippen molar-refractivity contribution in [2.24, 2.45) is 0 Å². The molecule has 0 aliphatic carbocycles. The second-order valence-electron chi connectivity index (χ2n) is 8.98. The summed E-state index contributed by atoms with van der Waals surface area (Å²) >= 11 is 0. The van der Waals surface area contributed by atoms with Gasteiger partial charge in [0.15, 0.2) is 0 Å². The van der Waals surface area contributed by atoms with Crippen LogP contribution in [0, 0.1) is 0 Å². The number of ether oxygens (including phenoxy) is 2. The zero-order valence-electron chi connectivity index (χ0n) is 22.7. The van der Waals surface area contributed by atoms with E-state index in [9.17, 15) is 18.0 Å². The van der Waals surface area contributed by atoms with Gasteiger partial charge in [0.2, 0.25) is 21.8 Å². The SMILES string of the molecule is CCNC(=O)[C@H](C)N(Cc1cccc(OC)c1)C(=O)CN(c1ccc(OCc2ccccc2)cc1)S(C)(=O)=O. The second kappa shape index (κ2) is 13.7. The Labute approximate surface area is 230 Å². The zero-order chi connectivity index (χ0) is 28.4. The van der Waals surface area contributed by atoms with Crippen LogP contribution in [0.1, 0.15) is 25.0 Å². The Kier molecular flexibility index (Phi) is 10.3. The fourth-order valence-electron chi connectivity index (χ4n) is 3.94. The van der Waals surface area contributed by atoms with Crippen molar-refractivity contribution < 1.29 is 27.5 Å². The first-order valence-electron chi connectivity index (χ1n) is 12.6. The monoisotopic (exact) mass is 553 g/mol. The molecule has 3 aromatic rings. The summed E-state index contributed by atoms with van der Waals surface area (Å²) in [7, 11) is -2.29. The van der Waals surface area contributed by atoms with E-state index in [0.717, 1.165) is 21.7 Å². The van der Waals surface area contributed by atoms with Crippen LogP contribution < -0.4 is 19.1 Å². The van der Waals surface area contributed by atoms with E-state index >= 15 is 0 Å². The molecule has 1 N–H and O–H groups in total. The summed E-state index contributed by atoms with van der Waals surface area (Å²) < 4.78 is 37.6. The quantitative estimate of drug-likeness (QED) is 0.347. The number of methoxy groups -OCH3 is 1. The minimum atomic E-state index is -3.83. The predicted molar refractivity (Wildman–Crippen MR) is 151 cm³/mol. The molecule has 0 aliphatic rings. The highest BCUT2D eigenvalue weighted by atomic mass is 32.2. The van der Waals surface area contributed by atoms with Gasteiger partial charge in [-0.3, -0.25) is 13.9 Å². The van der Waals surface area contributed by atoms with Crippen LogP contribution in [0.15, 0.2) is 78.9 Å². The number of benzene rings is 3. The lowest BCUT2D eigenvalue weighted by Crippen LogP contribution is -2.51. The van der Waals surface area contributed by atoms with E-state index in [4.69, 9.17) is 9.47 Å². The van der Waals surface area contributed by atoms with Crippen LogP contribution in [0.2, 0.25) is 0 Å². The van der Waals surface area contributed by atoms with Gasteiger partial charge in [0, 0.05) is 13.1 Å². The molecule has 3 rings (SSSR count). The average molecular weight is 554 g/mol. The van der Waals surface area contributed by atoms with Gasteiger partial charge in [0.25, 0.3) is 0 Å². The largest absolute Gasteiger partial charge is 0.497 e. The maximum Gasteiger partial charge on any atom is 0.244 e. The molecule has 0 aliphatic heterocycles.